The van der Waals surface area contributed by atoms with Gasteiger partial charge in [0.15, 0.2) is 0 Å². The molecule has 0 aliphatic carbocycles. The Kier molecular flexibility index (Phi) is 7.70. The van der Waals surface area contributed by atoms with Crippen molar-refractivity contribution in [1.29, 1.82) is 0 Å². The standard InChI is InChI=1S/C31H27N3O6S2/c35-23-7-3-4-18(12-23)15-33-11-10-21(28(33)37)13-22-16-42-30-26(29(38)34(30)27(22)31(39)40)32-25(36)17-41-24-9-8-19-5-1-2-6-20(19)14-24/h1-9,12-14,26,30,35H,10-11,15-17H2,(H,32,36)(H,39,40)/b21-13+. The van der Waals surface area contributed by atoms with E-state index in [4.69, 9.17) is 0 Å². The zero-order chi connectivity index (χ0) is 29.4. The number of allylic oxidation sites excluding steroid dienone is 1. The number of amides is 3. The number of likely N-dealkylation sites (tertiary alicyclic amines) is 1. The Morgan fingerprint density at radius 2 is 1.86 bits per heavy atom. The van der Waals surface area contributed by atoms with Crippen LogP contribution in [-0.2, 0) is 25.7 Å². The minimum absolute atomic E-state index is 0.123. The lowest BCUT2D eigenvalue weighted by Crippen LogP contribution is -2.70. The number of aliphatic carboxylic acids is 1. The number of fused-ring (bicyclic) bond motifs is 2. The summed E-state index contributed by atoms with van der Waals surface area (Å²) < 4.78 is 0. The number of β-lactam (4-membered cyclic amide) rings is 1. The fourth-order valence-electron chi connectivity index (χ4n) is 5.41. The smallest absolute Gasteiger partial charge is 0.352 e. The number of rotatable bonds is 8. The second-order valence-electron chi connectivity index (χ2n) is 10.2. The first-order chi connectivity index (χ1) is 20.3. The Bertz CT molecular complexity index is 1690. The van der Waals surface area contributed by atoms with Crippen LogP contribution in [0.3, 0.4) is 0 Å². The maximum atomic E-state index is 13.1. The van der Waals surface area contributed by atoms with Gasteiger partial charge < -0.3 is 20.4 Å². The van der Waals surface area contributed by atoms with E-state index >= 15 is 0 Å². The van der Waals surface area contributed by atoms with Crippen molar-refractivity contribution in [3.63, 3.8) is 0 Å². The quantitative estimate of drug-likeness (QED) is 0.203. The summed E-state index contributed by atoms with van der Waals surface area (Å²) >= 11 is 2.74. The average molecular weight is 602 g/mol. The molecule has 0 bridgehead atoms. The van der Waals surface area contributed by atoms with Crippen LogP contribution in [0.1, 0.15) is 12.0 Å². The largest absolute Gasteiger partial charge is 0.508 e. The number of nitrogens with zero attached hydrogens (tertiary/aromatic N) is 2. The van der Waals surface area contributed by atoms with Gasteiger partial charge in [0, 0.05) is 29.3 Å². The Morgan fingerprint density at radius 1 is 1.05 bits per heavy atom. The van der Waals surface area contributed by atoms with Crippen LogP contribution in [0.15, 0.2) is 94.5 Å². The van der Waals surface area contributed by atoms with Gasteiger partial charge in [-0.25, -0.2) is 4.79 Å². The molecule has 0 spiro atoms. The third kappa shape index (κ3) is 5.49. The normalized spacial score (nSPS) is 21.1. The van der Waals surface area contributed by atoms with E-state index < -0.39 is 23.3 Å². The summed E-state index contributed by atoms with van der Waals surface area (Å²) in [6, 6.07) is 19.8. The number of carboxylic acids is 1. The van der Waals surface area contributed by atoms with Gasteiger partial charge in [0.25, 0.3) is 5.91 Å². The molecular formula is C31H27N3O6S2. The highest BCUT2D eigenvalue weighted by molar-refractivity contribution is 8.00. The second kappa shape index (κ2) is 11.6. The van der Waals surface area contributed by atoms with Gasteiger partial charge in [0.05, 0.1) is 5.75 Å². The summed E-state index contributed by atoms with van der Waals surface area (Å²) in [5, 5.41) is 24.2. The summed E-state index contributed by atoms with van der Waals surface area (Å²) in [5.41, 5.74) is 1.52. The molecule has 3 aliphatic rings. The highest BCUT2D eigenvalue weighted by Crippen LogP contribution is 2.41. The number of benzene rings is 3. The number of carboxylic acid groups (broad SMARTS) is 1. The van der Waals surface area contributed by atoms with Gasteiger partial charge in [-0.3, -0.25) is 19.3 Å². The lowest BCUT2D eigenvalue weighted by molar-refractivity contribution is -0.150. The highest BCUT2D eigenvalue weighted by Gasteiger charge is 2.54. The zero-order valence-electron chi connectivity index (χ0n) is 22.4. The van der Waals surface area contributed by atoms with Crippen molar-refractivity contribution in [3.05, 3.63) is 95.2 Å². The zero-order valence-corrected chi connectivity index (χ0v) is 24.0. The third-order valence-electron chi connectivity index (χ3n) is 7.45. The van der Waals surface area contributed by atoms with E-state index in [-0.39, 0.29) is 34.8 Å². The van der Waals surface area contributed by atoms with Crippen molar-refractivity contribution in [1.82, 2.24) is 15.1 Å². The van der Waals surface area contributed by atoms with Crippen molar-refractivity contribution in [3.8, 4) is 5.75 Å². The van der Waals surface area contributed by atoms with E-state index in [1.165, 1.54) is 28.4 Å². The lowest BCUT2D eigenvalue weighted by atomic mass is 10.0. The Balaban J connectivity index is 1.10. The van der Waals surface area contributed by atoms with Gasteiger partial charge in [0.2, 0.25) is 11.8 Å². The van der Waals surface area contributed by atoms with Crippen molar-refractivity contribution < 1.29 is 29.4 Å². The summed E-state index contributed by atoms with van der Waals surface area (Å²) in [7, 11) is 0. The maximum absolute atomic E-state index is 13.1. The molecular weight excluding hydrogens is 574 g/mol. The van der Waals surface area contributed by atoms with Crippen LogP contribution in [-0.4, -0.2) is 73.2 Å². The predicted molar refractivity (Wildman–Crippen MR) is 161 cm³/mol. The number of nitrogens with one attached hydrogen (secondary N) is 1. The fourth-order valence-corrected chi connectivity index (χ4v) is 7.47. The monoisotopic (exact) mass is 601 g/mol. The minimum atomic E-state index is -1.25. The highest BCUT2D eigenvalue weighted by atomic mass is 32.2. The number of aromatic hydroxyl groups is 1. The molecule has 3 aromatic rings. The number of phenolic OH excluding ortho intramolecular Hbond substituents is 1. The Morgan fingerprint density at radius 3 is 2.64 bits per heavy atom. The molecule has 42 heavy (non-hydrogen) atoms. The lowest BCUT2D eigenvalue weighted by Gasteiger charge is -2.49. The molecule has 0 saturated carbocycles. The topological polar surface area (TPSA) is 127 Å². The van der Waals surface area contributed by atoms with Crippen LogP contribution >= 0.6 is 23.5 Å². The second-order valence-corrected chi connectivity index (χ2v) is 12.4. The Labute approximate surface area is 250 Å². The van der Waals surface area contributed by atoms with Gasteiger partial charge in [-0.05, 0) is 58.7 Å². The van der Waals surface area contributed by atoms with Gasteiger partial charge in [-0.15, -0.1) is 23.5 Å². The molecule has 3 aliphatic heterocycles. The molecule has 0 aromatic heterocycles. The minimum Gasteiger partial charge on any atom is -0.508 e. The van der Waals surface area contributed by atoms with Crippen LogP contribution in [0.2, 0.25) is 0 Å². The summed E-state index contributed by atoms with van der Waals surface area (Å²) in [5.74, 6) is -1.70. The third-order valence-corrected chi connectivity index (χ3v) is 9.75. The van der Waals surface area contributed by atoms with E-state index in [1.807, 2.05) is 48.5 Å². The van der Waals surface area contributed by atoms with Gasteiger partial charge >= 0.3 is 5.97 Å². The van der Waals surface area contributed by atoms with Crippen molar-refractivity contribution in [2.45, 2.75) is 29.3 Å². The van der Waals surface area contributed by atoms with Crippen molar-refractivity contribution in [2.24, 2.45) is 0 Å². The number of thioether (sulfide) groups is 2. The molecule has 2 atom stereocenters. The molecule has 9 nitrogen and oxygen atoms in total. The molecule has 3 N–H and O–H groups in total. The molecule has 2 fully saturated rings. The van der Waals surface area contributed by atoms with Gasteiger partial charge in [-0.2, -0.15) is 0 Å². The van der Waals surface area contributed by atoms with E-state index in [0.29, 0.717) is 30.7 Å². The molecule has 0 radical (unpaired) electrons. The molecule has 3 heterocycles. The molecule has 11 heteroatoms. The molecule has 2 unspecified atom stereocenters. The SMILES string of the molecule is O=C(CSc1ccc2ccccc2c1)NC1C(=O)N2C(C(=O)O)=C(/C=C3\CCN(Cc4cccc(O)c4)C3=O)CSC12. The number of carbonyl (C=O) groups excluding carboxylic acids is 3. The van der Waals surface area contributed by atoms with Crippen LogP contribution in [0.4, 0.5) is 0 Å². The van der Waals surface area contributed by atoms with Crippen LogP contribution < -0.4 is 5.32 Å². The van der Waals surface area contributed by atoms with Crippen LogP contribution in [0, 0.1) is 0 Å². The van der Waals surface area contributed by atoms with E-state index in [2.05, 4.69) is 5.32 Å². The van der Waals surface area contributed by atoms with Crippen LogP contribution in [0.25, 0.3) is 10.8 Å². The molecule has 2 saturated heterocycles. The summed E-state index contributed by atoms with van der Waals surface area (Å²) in [6.07, 6.45) is 2.04. The number of hydrogen-bond donors (Lipinski definition) is 3. The summed E-state index contributed by atoms with van der Waals surface area (Å²) in [4.78, 5) is 54.9. The van der Waals surface area contributed by atoms with Crippen molar-refractivity contribution in [2.75, 3.05) is 18.1 Å². The van der Waals surface area contributed by atoms with Gasteiger partial charge in [0.1, 0.15) is 22.9 Å². The first kappa shape index (κ1) is 27.9. The first-order valence-electron chi connectivity index (χ1n) is 13.4. The molecule has 214 valence electrons. The molecule has 3 amide bonds. The number of phenols is 1. The maximum Gasteiger partial charge on any atom is 0.352 e. The Hall–Kier alpha value is -4.22. The van der Waals surface area contributed by atoms with E-state index in [0.717, 1.165) is 21.2 Å². The predicted octanol–water partition coefficient (Wildman–Crippen LogP) is 3.74. The average Bonchev–Trinajstić information content (AvgIpc) is 3.32. The van der Waals surface area contributed by atoms with Crippen LogP contribution in [0.5, 0.6) is 5.75 Å². The van der Waals surface area contributed by atoms with Crippen molar-refractivity contribution >= 4 is 58.0 Å². The van der Waals surface area contributed by atoms with E-state index in [9.17, 15) is 29.4 Å². The first-order valence-corrected chi connectivity index (χ1v) is 15.4. The number of carbonyl (C=O) groups is 4. The number of hydrogen-bond acceptors (Lipinski definition) is 7. The van der Waals surface area contributed by atoms with E-state index in [1.54, 1.807) is 29.2 Å². The summed E-state index contributed by atoms with van der Waals surface area (Å²) in [6.45, 7) is 0.803. The molecule has 6 rings (SSSR count). The fraction of sp³-hybridized carbons (Fsp3) is 0.226. The van der Waals surface area contributed by atoms with Gasteiger partial charge in [-0.1, -0.05) is 42.5 Å². The molecule has 3 aromatic carbocycles.